The summed E-state index contributed by atoms with van der Waals surface area (Å²) in [6.07, 6.45) is 2.26. The van der Waals surface area contributed by atoms with Crippen LogP contribution in [-0.4, -0.2) is 0 Å². The molecule has 0 saturated heterocycles. The third-order valence-electron chi connectivity index (χ3n) is 2.97. The van der Waals surface area contributed by atoms with E-state index in [4.69, 9.17) is 4.42 Å². The van der Waals surface area contributed by atoms with Crippen LogP contribution in [-0.2, 0) is 0 Å². The Hall–Kier alpha value is -1.50. The van der Waals surface area contributed by atoms with Gasteiger partial charge in [-0.1, -0.05) is 37.1 Å². The predicted molar refractivity (Wildman–Crippen MR) is 69.7 cm³/mol. The first-order valence-corrected chi connectivity index (χ1v) is 5.81. The average Bonchev–Trinajstić information content (AvgIpc) is 2.53. The Bertz CT molecular complexity index is 617. The number of hydrogen-bond acceptors (Lipinski definition) is 1. The van der Waals surface area contributed by atoms with E-state index in [0.717, 1.165) is 23.8 Å². The molecule has 0 fully saturated rings. The van der Waals surface area contributed by atoms with Crippen molar-refractivity contribution in [1.29, 1.82) is 0 Å². The van der Waals surface area contributed by atoms with Gasteiger partial charge in [-0.3, -0.25) is 0 Å². The summed E-state index contributed by atoms with van der Waals surface area (Å²) in [6, 6.07) is 6.29. The fourth-order valence-corrected chi connectivity index (χ4v) is 2.23. The largest absolute Gasteiger partial charge is 0.457 e. The molecule has 1 heteroatoms. The molecule has 0 aliphatic heterocycles. The van der Waals surface area contributed by atoms with Gasteiger partial charge in [-0.2, -0.15) is 0 Å². The number of rotatable bonds is 2. The Balaban J connectivity index is 2.87. The minimum atomic E-state index is 0.798. The zero-order valence-corrected chi connectivity index (χ0v) is 10.3. The molecule has 0 radical (unpaired) electrons. The van der Waals surface area contributed by atoms with E-state index < -0.39 is 0 Å². The lowest BCUT2D eigenvalue weighted by Crippen LogP contribution is -2.20. The Labute approximate surface area is 96.1 Å². The summed E-state index contributed by atoms with van der Waals surface area (Å²) in [5.41, 5.74) is 4.38. The van der Waals surface area contributed by atoms with Crippen LogP contribution >= 0.6 is 0 Å². The van der Waals surface area contributed by atoms with Gasteiger partial charge in [-0.15, -0.1) is 0 Å². The van der Waals surface area contributed by atoms with E-state index >= 15 is 0 Å². The lowest BCUT2D eigenvalue weighted by molar-refractivity contribution is 0.577. The molecule has 2 aromatic rings. The molecular formula is C15H18O. The quantitative estimate of drug-likeness (QED) is 0.748. The Morgan fingerprint density at radius 1 is 1.38 bits per heavy atom. The van der Waals surface area contributed by atoms with Crippen LogP contribution in [0.4, 0.5) is 0 Å². The highest BCUT2D eigenvalue weighted by molar-refractivity contribution is 5.80. The van der Waals surface area contributed by atoms with E-state index in [2.05, 4.69) is 39.5 Å². The molecule has 1 aromatic heterocycles. The molecule has 0 unspecified atom stereocenters. The zero-order valence-electron chi connectivity index (χ0n) is 10.3. The van der Waals surface area contributed by atoms with E-state index in [1.807, 2.05) is 6.07 Å². The van der Waals surface area contributed by atoms with Crippen molar-refractivity contribution in [2.24, 2.45) is 0 Å². The molecule has 84 valence electrons. The first-order chi connectivity index (χ1) is 7.63. The van der Waals surface area contributed by atoms with Crippen molar-refractivity contribution >= 4 is 23.1 Å². The Kier molecular flexibility index (Phi) is 2.86. The van der Waals surface area contributed by atoms with Crippen LogP contribution < -0.4 is 10.6 Å². The number of benzene rings is 1. The van der Waals surface area contributed by atoms with Gasteiger partial charge in [0.2, 0.25) is 0 Å². The lowest BCUT2D eigenvalue weighted by Gasteiger charge is -1.96. The highest BCUT2D eigenvalue weighted by atomic mass is 16.3. The Morgan fingerprint density at radius 2 is 2.12 bits per heavy atom. The molecule has 1 nitrogen and oxygen atoms in total. The second kappa shape index (κ2) is 4.17. The summed E-state index contributed by atoms with van der Waals surface area (Å²) in [4.78, 5) is 0. The zero-order chi connectivity index (χ0) is 11.7. The lowest BCUT2D eigenvalue weighted by atomic mass is 10.1. The van der Waals surface area contributed by atoms with E-state index in [0.29, 0.717) is 0 Å². The molecule has 1 aromatic carbocycles. The van der Waals surface area contributed by atoms with Gasteiger partial charge in [-0.05, 0) is 32.4 Å². The molecule has 0 saturated carbocycles. The molecule has 0 aliphatic rings. The summed E-state index contributed by atoms with van der Waals surface area (Å²) in [5, 5.41) is 2.41. The summed E-state index contributed by atoms with van der Waals surface area (Å²) in [5.74, 6) is 0. The summed E-state index contributed by atoms with van der Waals surface area (Å²) < 4.78 is 5.69. The van der Waals surface area contributed by atoms with E-state index in [-0.39, 0.29) is 0 Å². The van der Waals surface area contributed by atoms with Crippen LogP contribution in [0.5, 0.6) is 0 Å². The fraction of sp³-hybridized carbons (Fsp3) is 0.333. The molecule has 0 atom stereocenters. The van der Waals surface area contributed by atoms with E-state index in [1.165, 1.54) is 21.7 Å². The van der Waals surface area contributed by atoms with Gasteiger partial charge < -0.3 is 4.42 Å². The molecule has 1 heterocycles. The van der Waals surface area contributed by atoms with Crippen LogP contribution in [0.2, 0.25) is 0 Å². The molecule has 0 aliphatic carbocycles. The highest BCUT2D eigenvalue weighted by Gasteiger charge is 2.04. The maximum Gasteiger partial charge on any atom is 0.135 e. The number of furan rings is 1. The third-order valence-corrected chi connectivity index (χ3v) is 2.97. The number of aryl methyl sites for hydroxylation is 1. The minimum absolute atomic E-state index is 0.798. The number of fused-ring (bicyclic) bond motifs is 1. The monoisotopic (exact) mass is 214 g/mol. The van der Waals surface area contributed by atoms with Gasteiger partial charge in [0.15, 0.2) is 0 Å². The van der Waals surface area contributed by atoms with Crippen molar-refractivity contribution < 1.29 is 4.42 Å². The highest BCUT2D eigenvalue weighted by Crippen LogP contribution is 2.12. The molecule has 0 amide bonds. The molecule has 16 heavy (non-hydrogen) atoms. The van der Waals surface area contributed by atoms with Crippen LogP contribution in [0.15, 0.2) is 22.6 Å². The topological polar surface area (TPSA) is 13.1 Å². The summed E-state index contributed by atoms with van der Waals surface area (Å²) in [7, 11) is 0. The summed E-state index contributed by atoms with van der Waals surface area (Å²) in [6.45, 7) is 10.5. The normalized spacial score (nSPS) is 13.2. The minimum Gasteiger partial charge on any atom is -0.457 e. The first kappa shape index (κ1) is 11.0. The molecular weight excluding hydrogens is 196 g/mol. The van der Waals surface area contributed by atoms with Gasteiger partial charge in [0.05, 0.1) is 0 Å². The molecule has 2 rings (SSSR count). The molecule has 0 spiro atoms. The van der Waals surface area contributed by atoms with Crippen LogP contribution in [0.3, 0.4) is 0 Å². The maximum atomic E-state index is 5.69. The second-order valence-electron chi connectivity index (χ2n) is 4.43. The van der Waals surface area contributed by atoms with Gasteiger partial charge in [0.25, 0.3) is 0 Å². The van der Waals surface area contributed by atoms with Crippen LogP contribution in [0.25, 0.3) is 23.1 Å². The van der Waals surface area contributed by atoms with Crippen LogP contribution in [0, 0.1) is 6.92 Å². The van der Waals surface area contributed by atoms with Crippen molar-refractivity contribution in [1.82, 2.24) is 0 Å². The second-order valence-corrected chi connectivity index (χ2v) is 4.43. The average molecular weight is 214 g/mol. The fourth-order valence-electron chi connectivity index (χ4n) is 2.23. The van der Waals surface area contributed by atoms with Crippen molar-refractivity contribution in [2.45, 2.75) is 33.6 Å². The summed E-state index contributed by atoms with van der Waals surface area (Å²) >= 11 is 0. The Morgan fingerprint density at radius 3 is 2.81 bits per heavy atom. The van der Waals surface area contributed by atoms with Crippen molar-refractivity contribution in [2.75, 3.05) is 0 Å². The smallest absolute Gasteiger partial charge is 0.135 e. The predicted octanol–water partition coefficient (Wildman–Crippen LogP) is 3.12. The van der Waals surface area contributed by atoms with E-state index in [1.54, 1.807) is 0 Å². The van der Waals surface area contributed by atoms with Crippen molar-refractivity contribution in [3.8, 4) is 0 Å². The van der Waals surface area contributed by atoms with Gasteiger partial charge in [0, 0.05) is 10.6 Å². The van der Waals surface area contributed by atoms with Crippen LogP contribution in [0.1, 0.15) is 32.3 Å². The SMILES string of the molecule is C=c1oc2ccc(C)cc2/c1=C(\C)CCC. The van der Waals surface area contributed by atoms with Gasteiger partial charge in [-0.25, -0.2) is 0 Å². The van der Waals surface area contributed by atoms with Crippen molar-refractivity contribution in [3.05, 3.63) is 34.4 Å². The molecule has 0 bridgehead atoms. The first-order valence-electron chi connectivity index (χ1n) is 5.81. The van der Waals surface area contributed by atoms with Crippen molar-refractivity contribution in [3.63, 3.8) is 0 Å². The van der Waals surface area contributed by atoms with Gasteiger partial charge in [0.1, 0.15) is 11.0 Å². The standard InChI is InChI=1S/C15H18O/c1-5-6-11(3)15-12(4)16-14-8-7-10(2)9-13(14)15/h7-9H,4-6H2,1-3H3/b15-11+. The third kappa shape index (κ3) is 1.78. The molecule has 0 N–H and O–H groups in total. The van der Waals surface area contributed by atoms with Gasteiger partial charge >= 0.3 is 0 Å². The maximum absolute atomic E-state index is 5.69. The number of hydrogen-bond donors (Lipinski definition) is 0. The van der Waals surface area contributed by atoms with E-state index in [9.17, 15) is 0 Å².